The van der Waals surface area contributed by atoms with Crippen LogP contribution in [-0.2, 0) is 4.74 Å². The highest BCUT2D eigenvalue weighted by Gasteiger charge is 2.21. The Balaban J connectivity index is 2.25. The van der Waals surface area contributed by atoms with Gasteiger partial charge in [0.05, 0.1) is 20.3 Å². The Morgan fingerprint density at radius 2 is 2.26 bits per heavy atom. The molecule has 1 fully saturated rings. The Morgan fingerprint density at radius 1 is 1.47 bits per heavy atom. The molecule has 0 bridgehead atoms. The number of nitrogens with zero attached hydrogens (tertiary/aromatic N) is 2. The number of aliphatic hydroxyl groups excluding tert-OH is 1. The zero-order valence-electron chi connectivity index (χ0n) is 11.1. The monoisotopic (exact) mass is 266 g/mol. The number of hydrogen-bond acceptors (Lipinski definition) is 6. The highest BCUT2D eigenvalue weighted by atomic mass is 16.5. The first-order chi connectivity index (χ1) is 9.15. The lowest BCUT2D eigenvalue weighted by molar-refractivity contribution is 0.0596. The number of pyridine rings is 1. The van der Waals surface area contributed by atoms with Crippen LogP contribution in [-0.4, -0.2) is 49.5 Å². The van der Waals surface area contributed by atoms with E-state index >= 15 is 0 Å². The van der Waals surface area contributed by atoms with Crippen molar-refractivity contribution in [1.29, 1.82) is 0 Å². The summed E-state index contributed by atoms with van der Waals surface area (Å²) >= 11 is 0. The van der Waals surface area contributed by atoms with E-state index in [1.165, 1.54) is 14.2 Å². The van der Waals surface area contributed by atoms with E-state index in [1.807, 2.05) is 4.90 Å². The van der Waals surface area contributed by atoms with Crippen molar-refractivity contribution in [2.24, 2.45) is 0 Å². The van der Waals surface area contributed by atoms with Gasteiger partial charge in [-0.15, -0.1) is 0 Å². The molecule has 1 aromatic rings. The first kappa shape index (κ1) is 13.6. The fourth-order valence-electron chi connectivity index (χ4n) is 2.19. The minimum atomic E-state index is -0.477. The van der Waals surface area contributed by atoms with E-state index in [4.69, 9.17) is 4.74 Å². The van der Waals surface area contributed by atoms with Crippen LogP contribution < -0.4 is 9.64 Å². The molecule has 0 amide bonds. The molecular formula is C13H18N2O4. The highest BCUT2D eigenvalue weighted by Crippen LogP contribution is 2.24. The van der Waals surface area contributed by atoms with Gasteiger partial charge < -0.3 is 19.5 Å². The van der Waals surface area contributed by atoms with E-state index in [2.05, 4.69) is 9.72 Å². The fraction of sp³-hybridized carbons (Fsp3) is 0.538. The maximum Gasteiger partial charge on any atom is 0.343 e. The summed E-state index contributed by atoms with van der Waals surface area (Å²) in [6.07, 6.45) is 1.40. The molecule has 1 aliphatic rings. The van der Waals surface area contributed by atoms with Crippen LogP contribution in [0, 0.1) is 0 Å². The number of rotatable bonds is 3. The van der Waals surface area contributed by atoms with Gasteiger partial charge in [-0.1, -0.05) is 0 Å². The largest absolute Gasteiger partial charge is 0.480 e. The van der Waals surface area contributed by atoms with Crippen molar-refractivity contribution >= 4 is 11.8 Å². The number of methoxy groups -OCH3 is 2. The molecule has 19 heavy (non-hydrogen) atoms. The Bertz CT molecular complexity index is 464. The van der Waals surface area contributed by atoms with Gasteiger partial charge in [-0.25, -0.2) is 4.79 Å². The SMILES string of the molecule is COC(=O)c1ccc(N2CCCC(O)C2)nc1OC. The van der Waals surface area contributed by atoms with Gasteiger partial charge in [0.15, 0.2) is 0 Å². The van der Waals surface area contributed by atoms with Gasteiger partial charge in [-0.05, 0) is 25.0 Å². The summed E-state index contributed by atoms with van der Waals surface area (Å²) in [4.78, 5) is 17.8. The minimum Gasteiger partial charge on any atom is -0.480 e. The summed E-state index contributed by atoms with van der Waals surface area (Å²) < 4.78 is 9.79. The molecular weight excluding hydrogens is 248 g/mol. The normalized spacial score (nSPS) is 19.1. The molecule has 1 saturated heterocycles. The molecule has 1 N–H and O–H groups in total. The van der Waals surface area contributed by atoms with Crippen LogP contribution >= 0.6 is 0 Å². The van der Waals surface area contributed by atoms with Crippen molar-refractivity contribution in [3.05, 3.63) is 17.7 Å². The van der Waals surface area contributed by atoms with Crippen LogP contribution in [0.2, 0.25) is 0 Å². The molecule has 0 aliphatic carbocycles. The number of aliphatic hydroxyl groups is 1. The van der Waals surface area contributed by atoms with Gasteiger partial charge in [0.2, 0.25) is 5.88 Å². The average Bonchev–Trinajstić information content (AvgIpc) is 2.45. The molecule has 6 heteroatoms. The predicted molar refractivity (Wildman–Crippen MR) is 69.6 cm³/mol. The number of carbonyl (C=O) groups excluding carboxylic acids is 1. The first-order valence-corrected chi connectivity index (χ1v) is 6.22. The predicted octanol–water partition coefficient (Wildman–Crippen LogP) is 0.838. The molecule has 2 heterocycles. The minimum absolute atomic E-state index is 0.240. The number of anilines is 1. The molecule has 1 aliphatic heterocycles. The lowest BCUT2D eigenvalue weighted by atomic mass is 10.1. The Labute approximate surface area is 112 Å². The molecule has 1 aromatic heterocycles. The number of esters is 1. The van der Waals surface area contributed by atoms with Crippen LogP contribution in [0.4, 0.5) is 5.82 Å². The quantitative estimate of drug-likeness (QED) is 0.817. The second-order valence-electron chi connectivity index (χ2n) is 4.46. The topological polar surface area (TPSA) is 71.9 Å². The van der Waals surface area contributed by atoms with Crippen molar-refractivity contribution in [3.8, 4) is 5.88 Å². The van der Waals surface area contributed by atoms with E-state index < -0.39 is 5.97 Å². The number of aromatic nitrogens is 1. The van der Waals surface area contributed by atoms with Crippen molar-refractivity contribution in [2.45, 2.75) is 18.9 Å². The van der Waals surface area contributed by atoms with E-state index in [-0.39, 0.29) is 12.0 Å². The average molecular weight is 266 g/mol. The van der Waals surface area contributed by atoms with Crippen LogP contribution in [0.5, 0.6) is 5.88 Å². The third-order valence-corrected chi connectivity index (χ3v) is 3.16. The summed E-state index contributed by atoms with van der Waals surface area (Å²) in [6, 6.07) is 3.38. The highest BCUT2D eigenvalue weighted by molar-refractivity contribution is 5.92. The summed E-state index contributed by atoms with van der Waals surface area (Å²) in [7, 11) is 2.78. The molecule has 0 radical (unpaired) electrons. The lowest BCUT2D eigenvalue weighted by Crippen LogP contribution is -2.38. The molecule has 0 saturated carbocycles. The van der Waals surface area contributed by atoms with Gasteiger partial charge in [0.25, 0.3) is 0 Å². The number of carbonyl (C=O) groups is 1. The molecule has 1 atom stereocenters. The molecule has 2 rings (SSSR count). The fourth-order valence-corrected chi connectivity index (χ4v) is 2.19. The standard InChI is InChI=1S/C13H18N2O4/c1-18-12-10(13(17)19-2)5-6-11(14-12)15-7-3-4-9(16)8-15/h5-6,9,16H,3-4,7-8H2,1-2H3. The van der Waals surface area contributed by atoms with Gasteiger partial charge in [-0.3, -0.25) is 0 Å². The molecule has 0 aromatic carbocycles. The zero-order chi connectivity index (χ0) is 13.8. The Kier molecular flexibility index (Phi) is 4.21. The van der Waals surface area contributed by atoms with Crippen LogP contribution in [0.3, 0.4) is 0 Å². The second-order valence-corrected chi connectivity index (χ2v) is 4.46. The van der Waals surface area contributed by atoms with Crippen molar-refractivity contribution in [2.75, 3.05) is 32.2 Å². The van der Waals surface area contributed by atoms with E-state index in [1.54, 1.807) is 12.1 Å². The lowest BCUT2D eigenvalue weighted by Gasteiger charge is -2.31. The smallest absolute Gasteiger partial charge is 0.343 e. The van der Waals surface area contributed by atoms with Gasteiger partial charge in [-0.2, -0.15) is 4.98 Å². The van der Waals surface area contributed by atoms with Gasteiger partial charge in [0, 0.05) is 13.1 Å². The summed E-state index contributed by atoms with van der Waals surface area (Å²) in [5.74, 6) is 0.460. The van der Waals surface area contributed by atoms with Gasteiger partial charge in [0.1, 0.15) is 11.4 Å². The van der Waals surface area contributed by atoms with E-state index in [0.717, 1.165) is 19.4 Å². The molecule has 1 unspecified atom stereocenters. The molecule has 6 nitrogen and oxygen atoms in total. The van der Waals surface area contributed by atoms with Crippen molar-refractivity contribution in [1.82, 2.24) is 4.98 Å². The van der Waals surface area contributed by atoms with Crippen molar-refractivity contribution in [3.63, 3.8) is 0 Å². The molecule has 104 valence electrons. The third kappa shape index (κ3) is 2.96. The zero-order valence-corrected chi connectivity index (χ0v) is 11.1. The van der Waals surface area contributed by atoms with Crippen LogP contribution in [0.15, 0.2) is 12.1 Å². The van der Waals surface area contributed by atoms with E-state index in [9.17, 15) is 9.90 Å². The van der Waals surface area contributed by atoms with E-state index in [0.29, 0.717) is 17.9 Å². The third-order valence-electron chi connectivity index (χ3n) is 3.16. The van der Waals surface area contributed by atoms with Gasteiger partial charge >= 0.3 is 5.97 Å². The summed E-state index contributed by atoms with van der Waals surface area (Å²) in [5.41, 5.74) is 0.298. The van der Waals surface area contributed by atoms with Crippen molar-refractivity contribution < 1.29 is 19.4 Å². The maximum absolute atomic E-state index is 11.5. The Hall–Kier alpha value is -1.82. The summed E-state index contributed by atoms with van der Waals surface area (Å²) in [6.45, 7) is 1.39. The second kappa shape index (κ2) is 5.88. The number of β-amino-alcohol motifs (C(OH)–C–C–N with tert-alkyl or cyclic N) is 1. The number of hydrogen-bond donors (Lipinski definition) is 1. The Morgan fingerprint density at radius 3 is 2.89 bits per heavy atom. The van der Waals surface area contributed by atoms with Crippen LogP contribution in [0.25, 0.3) is 0 Å². The summed E-state index contributed by atoms with van der Waals surface area (Å²) in [5, 5.41) is 9.67. The number of ether oxygens (including phenoxy) is 2. The number of piperidine rings is 1. The first-order valence-electron chi connectivity index (χ1n) is 6.22. The molecule has 0 spiro atoms. The maximum atomic E-state index is 11.5. The van der Waals surface area contributed by atoms with Crippen LogP contribution in [0.1, 0.15) is 23.2 Å².